The van der Waals surface area contributed by atoms with E-state index in [9.17, 15) is 9.90 Å². The number of aliphatic hydroxyl groups excluding tert-OH is 1. The molecule has 0 amide bonds. The van der Waals surface area contributed by atoms with Gasteiger partial charge in [-0.3, -0.25) is 4.90 Å². The first kappa shape index (κ1) is 16.9. The molecule has 4 rings (SSSR count). The molecule has 26 heavy (non-hydrogen) atoms. The molecule has 0 unspecified atom stereocenters. The van der Waals surface area contributed by atoms with Crippen molar-refractivity contribution in [3.8, 4) is 0 Å². The summed E-state index contributed by atoms with van der Waals surface area (Å²) in [7, 11) is 0. The van der Waals surface area contributed by atoms with Gasteiger partial charge in [0.25, 0.3) is 0 Å². The van der Waals surface area contributed by atoms with Crippen LogP contribution in [0, 0.1) is 0 Å². The second kappa shape index (κ2) is 7.35. The lowest BCUT2D eigenvalue weighted by atomic mass is 10.1. The number of imidazole rings is 1. The van der Waals surface area contributed by atoms with E-state index in [4.69, 9.17) is 0 Å². The van der Waals surface area contributed by atoms with Gasteiger partial charge in [-0.2, -0.15) is 0 Å². The van der Waals surface area contributed by atoms with E-state index in [1.807, 2.05) is 18.2 Å². The molecular weight excluding hydrogens is 328 g/mol. The molecule has 6 nitrogen and oxygen atoms in total. The number of fused-ring (bicyclic) bond motifs is 1. The molecule has 1 fully saturated rings. The number of likely N-dealkylation sites (tertiary alicyclic amines) is 1. The molecule has 0 aliphatic carbocycles. The summed E-state index contributed by atoms with van der Waals surface area (Å²) in [5, 5.41) is 13.0. The molecule has 0 atom stereocenters. The number of nitrogens with one attached hydrogen (secondary N) is 3. The van der Waals surface area contributed by atoms with Gasteiger partial charge in [0.1, 0.15) is 0 Å². The summed E-state index contributed by atoms with van der Waals surface area (Å²) in [6, 6.07) is 14.4. The van der Waals surface area contributed by atoms with E-state index in [0.29, 0.717) is 6.54 Å². The maximum Gasteiger partial charge on any atom is 0.323 e. The molecule has 2 heterocycles. The Balaban J connectivity index is 1.34. The summed E-state index contributed by atoms with van der Waals surface area (Å²) in [5.74, 6) is 0. The number of anilines is 1. The van der Waals surface area contributed by atoms with Gasteiger partial charge in [0.2, 0.25) is 0 Å². The average Bonchev–Trinajstić information content (AvgIpc) is 3.02. The second-order valence-electron chi connectivity index (χ2n) is 7.02. The monoisotopic (exact) mass is 352 g/mol. The number of H-pyrrole nitrogens is 2. The van der Waals surface area contributed by atoms with Crippen LogP contribution in [0.5, 0.6) is 0 Å². The summed E-state index contributed by atoms with van der Waals surface area (Å²) in [5.41, 5.74) is 4.96. The van der Waals surface area contributed by atoms with Crippen molar-refractivity contribution in [2.45, 2.75) is 32.0 Å². The fraction of sp³-hybridized carbons (Fsp3) is 0.350. The Labute approximate surface area is 151 Å². The Morgan fingerprint density at radius 3 is 2.46 bits per heavy atom. The van der Waals surface area contributed by atoms with Gasteiger partial charge in [0, 0.05) is 31.9 Å². The number of aliphatic hydroxyl groups is 1. The highest BCUT2D eigenvalue weighted by Crippen LogP contribution is 2.17. The molecule has 0 radical (unpaired) electrons. The first-order valence-corrected chi connectivity index (χ1v) is 9.10. The topological polar surface area (TPSA) is 84.2 Å². The highest BCUT2D eigenvalue weighted by molar-refractivity contribution is 5.75. The van der Waals surface area contributed by atoms with Crippen LogP contribution >= 0.6 is 0 Å². The summed E-state index contributed by atoms with van der Waals surface area (Å²) in [6.07, 6.45) is 1.62. The number of rotatable bonds is 5. The standard InChI is InChI=1S/C20H24N4O2/c25-17-7-9-24(10-8-17)13-14-1-4-16(5-2-14)21-12-15-3-6-18-19(11-15)23-20(26)22-18/h1-6,11,17,21,25H,7-10,12-13H2,(H2,22,23,26). The number of piperidine rings is 1. The lowest BCUT2D eigenvalue weighted by Crippen LogP contribution is -2.35. The van der Waals surface area contributed by atoms with Gasteiger partial charge in [-0.15, -0.1) is 0 Å². The molecule has 136 valence electrons. The molecular formula is C20H24N4O2. The number of aromatic amines is 2. The van der Waals surface area contributed by atoms with E-state index in [0.717, 1.165) is 54.8 Å². The van der Waals surface area contributed by atoms with Crippen LogP contribution in [0.1, 0.15) is 24.0 Å². The Morgan fingerprint density at radius 2 is 1.69 bits per heavy atom. The molecule has 0 spiro atoms. The Kier molecular flexibility index (Phi) is 4.77. The predicted molar refractivity (Wildman–Crippen MR) is 103 cm³/mol. The maximum absolute atomic E-state index is 11.3. The lowest BCUT2D eigenvalue weighted by molar-refractivity contribution is 0.0792. The maximum atomic E-state index is 11.3. The van der Waals surface area contributed by atoms with Crippen LogP contribution in [-0.4, -0.2) is 39.2 Å². The number of benzene rings is 2. The Hall–Kier alpha value is -2.57. The fourth-order valence-corrected chi connectivity index (χ4v) is 3.46. The predicted octanol–water partition coefficient (Wildman–Crippen LogP) is 2.42. The first-order valence-electron chi connectivity index (χ1n) is 9.10. The normalized spacial score (nSPS) is 16.2. The summed E-state index contributed by atoms with van der Waals surface area (Å²) in [4.78, 5) is 19.3. The van der Waals surface area contributed by atoms with Gasteiger partial charge < -0.3 is 20.4 Å². The molecule has 3 aromatic rings. The number of hydrogen-bond donors (Lipinski definition) is 4. The molecule has 1 saturated heterocycles. The van der Waals surface area contributed by atoms with Crippen LogP contribution in [-0.2, 0) is 13.1 Å². The smallest absolute Gasteiger partial charge is 0.323 e. The van der Waals surface area contributed by atoms with Crippen LogP contribution < -0.4 is 11.0 Å². The molecule has 1 aromatic heterocycles. The number of aromatic nitrogens is 2. The first-order chi connectivity index (χ1) is 12.7. The van der Waals surface area contributed by atoms with Gasteiger partial charge in [0.05, 0.1) is 17.1 Å². The van der Waals surface area contributed by atoms with Crippen molar-refractivity contribution >= 4 is 16.7 Å². The van der Waals surface area contributed by atoms with Crippen molar-refractivity contribution in [1.82, 2.24) is 14.9 Å². The molecule has 0 saturated carbocycles. The SMILES string of the molecule is O=c1[nH]c2ccc(CNc3ccc(CN4CCC(O)CC4)cc3)cc2[nH]1. The minimum Gasteiger partial charge on any atom is -0.393 e. The molecule has 1 aliphatic rings. The van der Waals surface area contributed by atoms with Crippen molar-refractivity contribution in [3.63, 3.8) is 0 Å². The van der Waals surface area contributed by atoms with Crippen molar-refractivity contribution < 1.29 is 5.11 Å². The van der Waals surface area contributed by atoms with Gasteiger partial charge >= 0.3 is 5.69 Å². The third-order valence-corrected chi connectivity index (χ3v) is 4.99. The summed E-state index contributed by atoms with van der Waals surface area (Å²) < 4.78 is 0. The van der Waals surface area contributed by atoms with Crippen molar-refractivity contribution in [2.75, 3.05) is 18.4 Å². The van der Waals surface area contributed by atoms with E-state index >= 15 is 0 Å². The van der Waals surface area contributed by atoms with Gasteiger partial charge in [-0.25, -0.2) is 4.79 Å². The Morgan fingerprint density at radius 1 is 1.00 bits per heavy atom. The van der Waals surface area contributed by atoms with Crippen molar-refractivity contribution in [3.05, 3.63) is 64.1 Å². The van der Waals surface area contributed by atoms with E-state index in [1.165, 1.54) is 5.56 Å². The van der Waals surface area contributed by atoms with E-state index in [1.54, 1.807) is 0 Å². The molecule has 4 N–H and O–H groups in total. The zero-order chi connectivity index (χ0) is 17.9. The van der Waals surface area contributed by atoms with Crippen molar-refractivity contribution in [2.24, 2.45) is 0 Å². The van der Waals surface area contributed by atoms with E-state index < -0.39 is 0 Å². The third-order valence-electron chi connectivity index (χ3n) is 4.99. The number of hydrogen-bond acceptors (Lipinski definition) is 4. The van der Waals surface area contributed by atoms with Crippen LogP contribution in [0.15, 0.2) is 47.3 Å². The molecule has 1 aliphatic heterocycles. The summed E-state index contributed by atoms with van der Waals surface area (Å²) >= 11 is 0. The zero-order valence-electron chi connectivity index (χ0n) is 14.7. The molecule has 0 bridgehead atoms. The second-order valence-corrected chi connectivity index (χ2v) is 7.02. The van der Waals surface area contributed by atoms with Crippen molar-refractivity contribution in [1.29, 1.82) is 0 Å². The minimum atomic E-state index is -0.177. The third kappa shape index (κ3) is 3.98. The highest BCUT2D eigenvalue weighted by Gasteiger charge is 2.16. The van der Waals surface area contributed by atoms with Gasteiger partial charge in [-0.05, 0) is 48.2 Å². The van der Waals surface area contributed by atoms with Crippen LogP contribution in [0.2, 0.25) is 0 Å². The Bertz CT molecular complexity index is 921. The fourth-order valence-electron chi connectivity index (χ4n) is 3.46. The highest BCUT2D eigenvalue weighted by atomic mass is 16.3. The van der Waals surface area contributed by atoms with Crippen LogP contribution in [0.3, 0.4) is 0 Å². The average molecular weight is 352 g/mol. The van der Waals surface area contributed by atoms with Gasteiger partial charge in [0.15, 0.2) is 0 Å². The summed E-state index contributed by atoms with van der Waals surface area (Å²) in [6.45, 7) is 3.56. The van der Waals surface area contributed by atoms with E-state index in [-0.39, 0.29) is 11.8 Å². The van der Waals surface area contributed by atoms with Crippen LogP contribution in [0.25, 0.3) is 11.0 Å². The molecule has 2 aromatic carbocycles. The van der Waals surface area contributed by atoms with E-state index in [2.05, 4.69) is 44.5 Å². The lowest BCUT2D eigenvalue weighted by Gasteiger charge is -2.29. The molecule has 6 heteroatoms. The largest absolute Gasteiger partial charge is 0.393 e. The number of nitrogens with zero attached hydrogens (tertiary/aromatic N) is 1. The quantitative estimate of drug-likeness (QED) is 0.568. The van der Waals surface area contributed by atoms with Crippen LogP contribution in [0.4, 0.5) is 5.69 Å². The zero-order valence-corrected chi connectivity index (χ0v) is 14.7. The minimum absolute atomic E-state index is 0.124. The van der Waals surface area contributed by atoms with Gasteiger partial charge in [-0.1, -0.05) is 18.2 Å².